The molecule has 0 saturated carbocycles. The summed E-state index contributed by atoms with van der Waals surface area (Å²) < 4.78 is 1.09. The number of hydrogen-bond acceptors (Lipinski definition) is 3. The molecule has 2 heterocycles. The van der Waals surface area contributed by atoms with Crippen LogP contribution in [0.25, 0.3) is 0 Å². The highest BCUT2D eigenvalue weighted by atomic mass is 79.9. The normalized spacial score (nSPS) is 17.0. The van der Waals surface area contributed by atoms with Crippen molar-refractivity contribution in [3.05, 3.63) is 20.8 Å². The average molecular weight is 334 g/mol. The summed E-state index contributed by atoms with van der Waals surface area (Å²) in [4.78, 5) is 13.0. The van der Waals surface area contributed by atoms with Crippen molar-refractivity contribution in [3.63, 3.8) is 0 Å². The second-order valence-electron chi connectivity index (χ2n) is 4.23. The van der Waals surface area contributed by atoms with Crippen molar-refractivity contribution in [2.24, 2.45) is 5.92 Å². The van der Waals surface area contributed by atoms with Crippen molar-refractivity contribution in [2.75, 3.05) is 11.5 Å². The molecular weight excluding hydrogens is 318 g/mol. The van der Waals surface area contributed by atoms with Gasteiger partial charge in [-0.05, 0) is 57.6 Å². The van der Waals surface area contributed by atoms with E-state index in [4.69, 9.17) is 0 Å². The Morgan fingerprint density at radius 3 is 2.88 bits per heavy atom. The van der Waals surface area contributed by atoms with E-state index in [2.05, 4.69) is 21.2 Å². The molecule has 94 valence electrons. The van der Waals surface area contributed by atoms with Gasteiger partial charge < -0.3 is 5.32 Å². The Morgan fingerprint density at radius 1 is 1.47 bits per heavy atom. The molecule has 0 radical (unpaired) electrons. The van der Waals surface area contributed by atoms with E-state index in [-0.39, 0.29) is 5.91 Å². The first-order chi connectivity index (χ1) is 8.25. The molecule has 0 aliphatic carbocycles. The van der Waals surface area contributed by atoms with Crippen LogP contribution in [0, 0.1) is 5.92 Å². The summed E-state index contributed by atoms with van der Waals surface area (Å²) in [6.07, 6.45) is 3.09. The molecule has 1 aliphatic rings. The van der Waals surface area contributed by atoms with Gasteiger partial charge in [-0.2, -0.15) is 11.8 Å². The quantitative estimate of drug-likeness (QED) is 0.910. The summed E-state index contributed by atoms with van der Waals surface area (Å²) in [6.45, 7) is 0.651. The molecule has 0 unspecified atom stereocenters. The second-order valence-corrected chi connectivity index (χ2v) is 7.31. The fraction of sp³-hybridized carbons (Fsp3) is 0.583. The van der Waals surface area contributed by atoms with Gasteiger partial charge in [-0.1, -0.05) is 0 Å². The molecule has 1 aromatic rings. The highest BCUT2D eigenvalue weighted by Gasteiger charge is 2.17. The molecule has 1 saturated heterocycles. The first-order valence-electron chi connectivity index (χ1n) is 5.82. The Hall–Kier alpha value is -0.000000000000000111. The van der Waals surface area contributed by atoms with Crippen LogP contribution in [0.5, 0.6) is 0 Å². The number of hydrogen-bond donors (Lipinski definition) is 1. The fourth-order valence-corrected chi connectivity index (χ4v) is 4.55. The van der Waals surface area contributed by atoms with Crippen LogP contribution in [0.15, 0.2) is 15.9 Å². The van der Waals surface area contributed by atoms with Crippen LogP contribution in [0.4, 0.5) is 0 Å². The zero-order valence-corrected chi connectivity index (χ0v) is 12.8. The van der Waals surface area contributed by atoms with Crippen LogP contribution in [0.1, 0.15) is 24.1 Å². The summed E-state index contributed by atoms with van der Waals surface area (Å²) in [5.41, 5.74) is 0. The van der Waals surface area contributed by atoms with Crippen molar-refractivity contribution in [2.45, 2.75) is 25.8 Å². The average Bonchev–Trinajstić information content (AvgIpc) is 2.74. The van der Waals surface area contributed by atoms with E-state index in [1.54, 1.807) is 11.3 Å². The van der Waals surface area contributed by atoms with Gasteiger partial charge >= 0.3 is 0 Å². The van der Waals surface area contributed by atoms with Gasteiger partial charge in [-0.25, -0.2) is 0 Å². The number of amides is 1. The lowest BCUT2D eigenvalue weighted by atomic mass is 9.98. The Balaban J connectivity index is 1.72. The largest absolute Gasteiger partial charge is 0.351 e. The van der Waals surface area contributed by atoms with Gasteiger partial charge in [0.05, 0.1) is 6.54 Å². The highest BCUT2D eigenvalue weighted by Crippen LogP contribution is 2.25. The lowest BCUT2D eigenvalue weighted by molar-refractivity contribution is -0.122. The topological polar surface area (TPSA) is 29.1 Å². The van der Waals surface area contributed by atoms with E-state index in [1.807, 2.05) is 23.2 Å². The summed E-state index contributed by atoms with van der Waals surface area (Å²) in [5.74, 6) is 3.23. The Labute approximate surface area is 119 Å². The van der Waals surface area contributed by atoms with Crippen LogP contribution in [-0.4, -0.2) is 17.4 Å². The van der Waals surface area contributed by atoms with Crippen LogP contribution in [0.2, 0.25) is 0 Å². The minimum Gasteiger partial charge on any atom is -0.351 e. The third kappa shape index (κ3) is 4.30. The van der Waals surface area contributed by atoms with Gasteiger partial charge in [0, 0.05) is 15.8 Å². The second kappa shape index (κ2) is 6.81. The van der Waals surface area contributed by atoms with Crippen molar-refractivity contribution >= 4 is 44.9 Å². The summed E-state index contributed by atoms with van der Waals surface area (Å²) in [5, 5.41) is 5.04. The Morgan fingerprint density at radius 2 is 2.24 bits per heavy atom. The SMILES string of the molecule is O=C(CC1CCSCC1)NCc1sccc1Br. The molecule has 1 aromatic heterocycles. The van der Waals surface area contributed by atoms with E-state index >= 15 is 0 Å². The number of thioether (sulfide) groups is 1. The maximum Gasteiger partial charge on any atom is 0.220 e. The molecule has 0 atom stereocenters. The minimum atomic E-state index is 0.196. The standard InChI is InChI=1S/C12H16BrNOS2/c13-10-3-6-17-11(10)8-14-12(15)7-9-1-4-16-5-2-9/h3,6,9H,1-2,4-5,7-8H2,(H,14,15). The van der Waals surface area contributed by atoms with Gasteiger partial charge in [-0.3, -0.25) is 4.79 Å². The van der Waals surface area contributed by atoms with E-state index in [0.29, 0.717) is 18.9 Å². The van der Waals surface area contributed by atoms with Crippen molar-refractivity contribution in [1.29, 1.82) is 0 Å². The predicted octanol–water partition coefficient (Wildman–Crippen LogP) is 3.66. The summed E-state index contributed by atoms with van der Waals surface area (Å²) in [6, 6.07) is 2.02. The molecule has 0 bridgehead atoms. The molecule has 1 fully saturated rings. The number of halogens is 1. The van der Waals surface area contributed by atoms with Gasteiger partial charge in [0.25, 0.3) is 0 Å². The van der Waals surface area contributed by atoms with Gasteiger partial charge in [0.1, 0.15) is 0 Å². The molecule has 1 amide bonds. The van der Waals surface area contributed by atoms with Crippen molar-refractivity contribution < 1.29 is 4.79 Å². The molecule has 5 heteroatoms. The number of carbonyl (C=O) groups is 1. The Kier molecular flexibility index (Phi) is 5.38. The molecule has 2 nitrogen and oxygen atoms in total. The summed E-state index contributed by atoms with van der Waals surface area (Å²) >= 11 is 7.15. The Bertz CT molecular complexity index is 374. The number of thiophene rings is 1. The first-order valence-corrected chi connectivity index (χ1v) is 8.65. The molecule has 1 N–H and O–H groups in total. The van der Waals surface area contributed by atoms with Crippen LogP contribution in [-0.2, 0) is 11.3 Å². The zero-order valence-electron chi connectivity index (χ0n) is 9.58. The number of carbonyl (C=O) groups excluding carboxylic acids is 1. The lowest BCUT2D eigenvalue weighted by Gasteiger charge is -2.20. The molecule has 1 aliphatic heterocycles. The predicted molar refractivity (Wildman–Crippen MR) is 78.5 cm³/mol. The van der Waals surface area contributed by atoms with Crippen molar-refractivity contribution in [1.82, 2.24) is 5.32 Å². The van der Waals surface area contributed by atoms with Crippen LogP contribution >= 0.6 is 39.0 Å². The maximum absolute atomic E-state index is 11.8. The molecule has 0 spiro atoms. The molecular formula is C12H16BrNOS2. The van der Waals surface area contributed by atoms with Crippen LogP contribution < -0.4 is 5.32 Å². The van der Waals surface area contributed by atoms with E-state index in [0.717, 1.165) is 4.47 Å². The molecule has 17 heavy (non-hydrogen) atoms. The first kappa shape index (κ1) is 13.4. The fourth-order valence-electron chi connectivity index (χ4n) is 1.91. The van der Waals surface area contributed by atoms with Gasteiger partial charge in [0.15, 0.2) is 0 Å². The van der Waals surface area contributed by atoms with Crippen molar-refractivity contribution in [3.8, 4) is 0 Å². The minimum absolute atomic E-state index is 0.196. The molecule has 0 aromatic carbocycles. The maximum atomic E-state index is 11.8. The monoisotopic (exact) mass is 333 g/mol. The van der Waals surface area contributed by atoms with Gasteiger partial charge in [0.2, 0.25) is 5.91 Å². The third-order valence-electron chi connectivity index (χ3n) is 2.95. The highest BCUT2D eigenvalue weighted by molar-refractivity contribution is 9.10. The van der Waals surface area contributed by atoms with E-state index < -0.39 is 0 Å². The van der Waals surface area contributed by atoms with Crippen LogP contribution in [0.3, 0.4) is 0 Å². The van der Waals surface area contributed by atoms with E-state index in [9.17, 15) is 4.79 Å². The van der Waals surface area contributed by atoms with E-state index in [1.165, 1.54) is 29.2 Å². The summed E-state index contributed by atoms with van der Waals surface area (Å²) in [7, 11) is 0. The zero-order chi connectivity index (χ0) is 12.1. The number of nitrogens with one attached hydrogen (secondary N) is 1. The van der Waals surface area contributed by atoms with Gasteiger partial charge in [-0.15, -0.1) is 11.3 Å². The number of rotatable bonds is 4. The smallest absolute Gasteiger partial charge is 0.220 e. The third-order valence-corrected chi connectivity index (χ3v) is 5.93. The molecule has 2 rings (SSSR count). The lowest BCUT2D eigenvalue weighted by Crippen LogP contribution is -2.26.